The molecule has 0 spiro atoms. The lowest BCUT2D eigenvalue weighted by Crippen LogP contribution is -2.24. The molecule has 0 fully saturated rings. The summed E-state index contributed by atoms with van der Waals surface area (Å²) in [5.74, 6) is 1.54. The summed E-state index contributed by atoms with van der Waals surface area (Å²) in [6, 6.07) is 8.55. The van der Waals surface area contributed by atoms with Gasteiger partial charge in [-0.05, 0) is 24.5 Å². The van der Waals surface area contributed by atoms with E-state index in [1.54, 1.807) is 7.11 Å². The molecule has 0 aliphatic heterocycles. The average Bonchev–Trinajstić information content (AvgIpc) is 2.25. The molecule has 0 bridgehead atoms. The lowest BCUT2D eigenvalue weighted by Gasteiger charge is -2.23. The first kappa shape index (κ1) is 11.9. The molecule has 0 radical (unpaired) electrons. The maximum Gasteiger partial charge on any atom is 0.141 e. The molecule has 1 aromatic carbocycles. The second-order valence-electron chi connectivity index (χ2n) is 4.10. The topological polar surface area (TPSA) is 21.3 Å². The van der Waals surface area contributed by atoms with Gasteiger partial charge in [-0.25, -0.2) is 0 Å². The number of methoxy groups -OCH3 is 1. The van der Waals surface area contributed by atoms with Crippen molar-refractivity contribution in [1.29, 1.82) is 0 Å². The Morgan fingerprint density at radius 3 is 2.47 bits per heavy atom. The van der Waals surface area contributed by atoms with E-state index >= 15 is 0 Å². The number of benzene rings is 1. The van der Waals surface area contributed by atoms with Gasteiger partial charge in [-0.15, -0.1) is 0 Å². The van der Waals surface area contributed by atoms with Crippen LogP contribution < -0.4 is 10.1 Å². The quantitative estimate of drug-likeness (QED) is 0.797. The minimum atomic E-state index is 0.501. The summed E-state index contributed by atoms with van der Waals surface area (Å²) in [5, 5.41) is 3.52. The van der Waals surface area contributed by atoms with Crippen LogP contribution in [0, 0.1) is 5.92 Å². The number of nitrogens with one attached hydrogen (secondary N) is 1. The van der Waals surface area contributed by atoms with E-state index in [0.29, 0.717) is 12.0 Å². The minimum Gasteiger partial charge on any atom is -0.495 e. The maximum absolute atomic E-state index is 5.31. The van der Waals surface area contributed by atoms with Gasteiger partial charge in [0.2, 0.25) is 0 Å². The van der Waals surface area contributed by atoms with Gasteiger partial charge < -0.3 is 10.1 Å². The fourth-order valence-corrected chi connectivity index (χ4v) is 1.70. The minimum absolute atomic E-state index is 0.501. The highest BCUT2D eigenvalue weighted by atomic mass is 16.5. The summed E-state index contributed by atoms with van der Waals surface area (Å²) < 4.78 is 5.31. The smallest absolute Gasteiger partial charge is 0.141 e. The van der Waals surface area contributed by atoms with E-state index in [4.69, 9.17) is 4.74 Å². The average molecular weight is 207 g/mol. The molecule has 1 rings (SSSR count). The van der Waals surface area contributed by atoms with Crippen LogP contribution in [-0.4, -0.2) is 13.2 Å². The summed E-state index contributed by atoms with van der Waals surface area (Å²) in [7, 11) is 1.71. The zero-order valence-corrected chi connectivity index (χ0v) is 10.1. The highest BCUT2D eigenvalue weighted by Gasteiger charge is 2.12. The van der Waals surface area contributed by atoms with Gasteiger partial charge in [-0.1, -0.05) is 32.9 Å². The Hall–Kier alpha value is -1.18. The van der Waals surface area contributed by atoms with E-state index in [1.165, 1.54) is 0 Å². The molecule has 2 heteroatoms. The van der Waals surface area contributed by atoms with E-state index < -0.39 is 0 Å². The van der Waals surface area contributed by atoms with Crippen LogP contribution in [0.5, 0.6) is 5.75 Å². The third-order valence-electron chi connectivity index (χ3n) is 2.69. The van der Waals surface area contributed by atoms with Crippen molar-refractivity contribution in [3.8, 4) is 5.75 Å². The molecule has 1 N–H and O–H groups in total. The van der Waals surface area contributed by atoms with Gasteiger partial charge in [-0.2, -0.15) is 0 Å². The van der Waals surface area contributed by atoms with Crippen molar-refractivity contribution in [1.82, 2.24) is 0 Å². The van der Waals surface area contributed by atoms with Crippen molar-refractivity contribution in [2.75, 3.05) is 12.4 Å². The Bertz CT molecular complexity index is 296. The first-order valence-electron chi connectivity index (χ1n) is 5.58. The molecular weight excluding hydrogens is 186 g/mol. The number of rotatable bonds is 5. The Morgan fingerprint density at radius 2 is 1.93 bits per heavy atom. The van der Waals surface area contributed by atoms with Crippen LogP contribution in [0.3, 0.4) is 0 Å². The zero-order chi connectivity index (χ0) is 11.3. The molecule has 0 saturated carbocycles. The Kier molecular flexibility index (Phi) is 4.47. The van der Waals surface area contributed by atoms with E-state index in [-0.39, 0.29) is 0 Å². The molecule has 15 heavy (non-hydrogen) atoms. The fraction of sp³-hybridized carbons (Fsp3) is 0.538. The van der Waals surface area contributed by atoms with Crippen molar-refractivity contribution in [2.24, 2.45) is 5.92 Å². The monoisotopic (exact) mass is 207 g/mol. The van der Waals surface area contributed by atoms with E-state index in [2.05, 4.69) is 32.2 Å². The largest absolute Gasteiger partial charge is 0.495 e. The van der Waals surface area contributed by atoms with Gasteiger partial charge in [0.25, 0.3) is 0 Å². The third-order valence-corrected chi connectivity index (χ3v) is 2.69. The van der Waals surface area contributed by atoms with Gasteiger partial charge in [0.15, 0.2) is 0 Å². The first-order valence-corrected chi connectivity index (χ1v) is 5.58. The first-order chi connectivity index (χ1) is 7.19. The van der Waals surface area contributed by atoms with Crippen LogP contribution in [0.1, 0.15) is 27.2 Å². The Labute approximate surface area is 92.6 Å². The predicted molar refractivity (Wildman–Crippen MR) is 65.5 cm³/mol. The van der Waals surface area contributed by atoms with Gasteiger partial charge >= 0.3 is 0 Å². The molecule has 0 unspecified atom stereocenters. The summed E-state index contributed by atoms with van der Waals surface area (Å²) >= 11 is 0. The third kappa shape index (κ3) is 3.15. The molecule has 84 valence electrons. The summed E-state index contributed by atoms with van der Waals surface area (Å²) in [4.78, 5) is 0. The number of para-hydroxylation sites is 2. The normalized spacial score (nSPS) is 12.6. The van der Waals surface area contributed by atoms with Gasteiger partial charge in [-0.3, -0.25) is 0 Å². The van der Waals surface area contributed by atoms with Gasteiger partial charge in [0, 0.05) is 6.04 Å². The molecule has 0 amide bonds. The molecule has 0 aliphatic rings. The van der Waals surface area contributed by atoms with Gasteiger partial charge in [0.1, 0.15) is 5.75 Å². The maximum atomic E-state index is 5.31. The van der Waals surface area contributed by atoms with Crippen molar-refractivity contribution in [3.05, 3.63) is 24.3 Å². The van der Waals surface area contributed by atoms with Crippen LogP contribution in [-0.2, 0) is 0 Å². The zero-order valence-electron chi connectivity index (χ0n) is 10.1. The Balaban J connectivity index is 2.78. The highest BCUT2D eigenvalue weighted by Crippen LogP contribution is 2.25. The van der Waals surface area contributed by atoms with Crippen LogP contribution >= 0.6 is 0 Å². The Morgan fingerprint density at radius 1 is 1.27 bits per heavy atom. The summed E-state index contributed by atoms with van der Waals surface area (Å²) in [5.41, 5.74) is 1.08. The van der Waals surface area contributed by atoms with Gasteiger partial charge in [0.05, 0.1) is 12.8 Å². The SMILES string of the molecule is CC[C@@H](Nc1ccccc1OC)C(C)C. The lowest BCUT2D eigenvalue weighted by molar-refractivity contribution is 0.414. The number of anilines is 1. The van der Waals surface area contributed by atoms with Crippen LogP contribution in [0.25, 0.3) is 0 Å². The molecule has 0 heterocycles. The van der Waals surface area contributed by atoms with Crippen molar-refractivity contribution in [3.63, 3.8) is 0 Å². The van der Waals surface area contributed by atoms with Crippen LogP contribution in [0.2, 0.25) is 0 Å². The second kappa shape index (κ2) is 5.64. The second-order valence-corrected chi connectivity index (χ2v) is 4.10. The molecular formula is C13H21NO. The molecule has 0 aliphatic carbocycles. The highest BCUT2D eigenvalue weighted by molar-refractivity contribution is 5.56. The van der Waals surface area contributed by atoms with Crippen molar-refractivity contribution < 1.29 is 4.74 Å². The molecule has 2 nitrogen and oxygen atoms in total. The number of ether oxygens (including phenoxy) is 1. The molecule has 1 atom stereocenters. The lowest BCUT2D eigenvalue weighted by atomic mass is 10.0. The molecule has 0 saturated heterocycles. The summed E-state index contributed by atoms with van der Waals surface area (Å²) in [6.45, 7) is 6.67. The molecule has 0 aromatic heterocycles. The van der Waals surface area contributed by atoms with Crippen LogP contribution in [0.15, 0.2) is 24.3 Å². The van der Waals surface area contributed by atoms with Crippen molar-refractivity contribution >= 4 is 5.69 Å². The molecule has 1 aromatic rings. The summed E-state index contributed by atoms with van der Waals surface area (Å²) in [6.07, 6.45) is 1.12. The van der Waals surface area contributed by atoms with Crippen molar-refractivity contribution in [2.45, 2.75) is 33.2 Å². The van der Waals surface area contributed by atoms with E-state index in [1.807, 2.05) is 18.2 Å². The van der Waals surface area contributed by atoms with Crippen LogP contribution in [0.4, 0.5) is 5.69 Å². The van der Waals surface area contributed by atoms with E-state index in [0.717, 1.165) is 17.9 Å². The predicted octanol–water partition coefficient (Wildman–Crippen LogP) is 3.54. The number of hydrogen-bond donors (Lipinski definition) is 1. The standard InChI is InChI=1S/C13H21NO/c1-5-11(10(2)3)14-12-8-6-7-9-13(12)15-4/h6-11,14H,5H2,1-4H3/t11-/m1/s1. The number of hydrogen-bond acceptors (Lipinski definition) is 2. The fourth-order valence-electron chi connectivity index (χ4n) is 1.70. The van der Waals surface area contributed by atoms with E-state index in [9.17, 15) is 0 Å².